The molecule has 3 rings (SSSR count). The lowest BCUT2D eigenvalue weighted by Gasteiger charge is -2.15. The minimum absolute atomic E-state index is 0.510. The first-order chi connectivity index (χ1) is 13.7. The summed E-state index contributed by atoms with van der Waals surface area (Å²) in [6.45, 7) is 5.25. The van der Waals surface area contributed by atoms with E-state index in [1.807, 2.05) is 30.7 Å². The molecule has 0 fully saturated rings. The molecule has 0 radical (unpaired) electrons. The number of aryl methyl sites for hydroxylation is 2. The fourth-order valence-electron chi connectivity index (χ4n) is 2.98. The molecule has 0 spiro atoms. The van der Waals surface area contributed by atoms with Crippen molar-refractivity contribution in [2.75, 3.05) is 13.7 Å². The van der Waals surface area contributed by atoms with Crippen LogP contribution in [0.15, 0.2) is 59.6 Å². The van der Waals surface area contributed by atoms with Crippen LogP contribution in [0.5, 0.6) is 11.5 Å². The molecule has 2 aromatic carbocycles. The van der Waals surface area contributed by atoms with Crippen molar-refractivity contribution in [2.45, 2.75) is 33.0 Å². The van der Waals surface area contributed by atoms with Crippen LogP contribution >= 0.6 is 15.9 Å². The summed E-state index contributed by atoms with van der Waals surface area (Å²) in [6.07, 6.45) is 6.68. The van der Waals surface area contributed by atoms with Crippen LogP contribution in [0.3, 0.4) is 0 Å². The maximum Gasteiger partial charge on any atom is 0.162 e. The van der Waals surface area contributed by atoms with E-state index in [1.54, 1.807) is 13.3 Å². The van der Waals surface area contributed by atoms with Crippen molar-refractivity contribution in [3.63, 3.8) is 0 Å². The van der Waals surface area contributed by atoms with Crippen molar-refractivity contribution < 1.29 is 9.47 Å². The van der Waals surface area contributed by atoms with Gasteiger partial charge in [-0.25, -0.2) is 4.98 Å². The van der Waals surface area contributed by atoms with Crippen LogP contribution in [-0.2, 0) is 19.7 Å². The first kappa shape index (κ1) is 20.4. The van der Waals surface area contributed by atoms with Gasteiger partial charge in [0, 0.05) is 30.0 Å². The van der Waals surface area contributed by atoms with E-state index in [0.717, 1.165) is 53.2 Å². The molecule has 0 aliphatic carbocycles. The molecule has 0 bridgehead atoms. The first-order valence-electron chi connectivity index (χ1n) is 9.37. The maximum absolute atomic E-state index is 6.01. The lowest BCUT2D eigenvalue weighted by atomic mass is 10.1. The largest absolute Gasteiger partial charge is 0.493 e. The predicted octanol–water partition coefficient (Wildman–Crippen LogP) is 4.72. The molecular weight excluding hydrogens is 418 g/mol. The molecule has 0 unspecified atom stereocenters. The summed E-state index contributed by atoms with van der Waals surface area (Å²) in [5.74, 6) is 1.48. The van der Waals surface area contributed by atoms with E-state index >= 15 is 0 Å². The van der Waals surface area contributed by atoms with E-state index in [1.165, 1.54) is 5.56 Å². The number of nitrogens with one attached hydrogen (secondary N) is 1. The Morgan fingerprint density at radius 2 is 2.07 bits per heavy atom. The van der Waals surface area contributed by atoms with Crippen molar-refractivity contribution in [1.29, 1.82) is 0 Å². The minimum Gasteiger partial charge on any atom is -0.493 e. The Balaban J connectivity index is 1.54. The summed E-state index contributed by atoms with van der Waals surface area (Å²) < 4.78 is 14.6. The Kier molecular flexibility index (Phi) is 7.51. The van der Waals surface area contributed by atoms with Crippen molar-refractivity contribution in [2.24, 2.45) is 0 Å². The first-order valence-corrected chi connectivity index (χ1v) is 10.2. The lowest BCUT2D eigenvalue weighted by molar-refractivity contribution is 0.284. The molecule has 5 nitrogen and oxygen atoms in total. The van der Waals surface area contributed by atoms with Gasteiger partial charge in [-0.1, -0.05) is 45.8 Å². The van der Waals surface area contributed by atoms with E-state index in [9.17, 15) is 0 Å². The molecule has 148 valence electrons. The predicted molar refractivity (Wildman–Crippen MR) is 115 cm³/mol. The Hall–Kier alpha value is -2.31. The maximum atomic E-state index is 6.01. The van der Waals surface area contributed by atoms with Crippen molar-refractivity contribution in [3.8, 4) is 11.5 Å². The lowest BCUT2D eigenvalue weighted by Crippen LogP contribution is -2.16. The van der Waals surface area contributed by atoms with Crippen LogP contribution < -0.4 is 14.8 Å². The smallest absolute Gasteiger partial charge is 0.162 e. The highest BCUT2D eigenvalue weighted by Crippen LogP contribution is 2.34. The Bertz CT molecular complexity index is 881. The van der Waals surface area contributed by atoms with E-state index in [-0.39, 0.29) is 0 Å². The molecule has 1 aromatic heterocycles. The quantitative estimate of drug-likeness (QED) is 0.460. The van der Waals surface area contributed by atoms with Crippen LogP contribution in [0.2, 0.25) is 0 Å². The summed E-state index contributed by atoms with van der Waals surface area (Å²) in [5, 5.41) is 3.48. The van der Waals surface area contributed by atoms with E-state index < -0.39 is 0 Å². The van der Waals surface area contributed by atoms with Gasteiger partial charge in [0.1, 0.15) is 6.61 Å². The standard InChI is InChI=1S/C22H26BrN3O2/c1-17-5-3-6-18(11-17)15-28-22-13-20(23)19(12-21(22)27-2)14-24-7-4-9-26-10-8-25-16-26/h3,5-6,8,10-13,16,24H,4,7,9,14-15H2,1-2H3. The Morgan fingerprint density at radius 1 is 1.18 bits per heavy atom. The number of nitrogens with zero attached hydrogens (tertiary/aromatic N) is 2. The molecule has 0 aliphatic heterocycles. The summed E-state index contributed by atoms with van der Waals surface area (Å²) in [7, 11) is 1.67. The number of hydrogen-bond acceptors (Lipinski definition) is 4. The van der Waals surface area contributed by atoms with Crippen molar-refractivity contribution >= 4 is 15.9 Å². The average Bonchev–Trinajstić information content (AvgIpc) is 3.21. The van der Waals surface area contributed by atoms with Gasteiger partial charge in [-0.15, -0.1) is 0 Å². The molecule has 0 amide bonds. The zero-order valence-electron chi connectivity index (χ0n) is 16.3. The van der Waals surface area contributed by atoms with Gasteiger partial charge in [0.25, 0.3) is 0 Å². The number of aromatic nitrogens is 2. The van der Waals surface area contributed by atoms with E-state index in [4.69, 9.17) is 9.47 Å². The molecule has 1 heterocycles. The molecule has 28 heavy (non-hydrogen) atoms. The third-order valence-corrected chi connectivity index (χ3v) is 5.19. The fraction of sp³-hybridized carbons (Fsp3) is 0.318. The number of benzene rings is 2. The summed E-state index contributed by atoms with van der Waals surface area (Å²) >= 11 is 3.66. The molecule has 1 N–H and O–H groups in total. The van der Waals surface area contributed by atoms with Gasteiger partial charge < -0.3 is 19.4 Å². The van der Waals surface area contributed by atoms with E-state index in [0.29, 0.717) is 6.61 Å². The number of halogens is 1. The van der Waals surface area contributed by atoms with Crippen molar-refractivity contribution in [3.05, 3.63) is 76.3 Å². The number of hydrogen-bond donors (Lipinski definition) is 1. The topological polar surface area (TPSA) is 48.3 Å². The van der Waals surface area contributed by atoms with Crippen LogP contribution in [-0.4, -0.2) is 23.2 Å². The molecule has 0 atom stereocenters. The zero-order valence-corrected chi connectivity index (χ0v) is 17.9. The van der Waals surface area contributed by atoms with Gasteiger partial charge in [-0.2, -0.15) is 0 Å². The highest BCUT2D eigenvalue weighted by atomic mass is 79.9. The third-order valence-electron chi connectivity index (χ3n) is 4.45. The SMILES string of the molecule is COc1cc(CNCCCn2ccnc2)c(Br)cc1OCc1cccc(C)c1. The number of rotatable bonds is 10. The molecule has 0 saturated carbocycles. The van der Waals surface area contributed by atoms with Gasteiger partial charge in [-0.05, 0) is 43.1 Å². The fourth-order valence-corrected chi connectivity index (χ4v) is 3.44. The molecule has 0 saturated heterocycles. The van der Waals surface area contributed by atoms with Gasteiger partial charge >= 0.3 is 0 Å². The summed E-state index contributed by atoms with van der Waals surface area (Å²) in [6, 6.07) is 12.3. The molecular formula is C22H26BrN3O2. The molecule has 3 aromatic rings. The monoisotopic (exact) mass is 443 g/mol. The second-order valence-corrected chi connectivity index (χ2v) is 7.56. The van der Waals surface area contributed by atoms with Gasteiger partial charge in [0.2, 0.25) is 0 Å². The average molecular weight is 444 g/mol. The molecule has 6 heteroatoms. The van der Waals surface area contributed by atoms with Gasteiger partial charge in [0.05, 0.1) is 13.4 Å². The molecule has 0 aliphatic rings. The second-order valence-electron chi connectivity index (χ2n) is 6.70. The highest BCUT2D eigenvalue weighted by molar-refractivity contribution is 9.10. The van der Waals surface area contributed by atoms with Gasteiger partial charge in [-0.3, -0.25) is 0 Å². The number of ether oxygens (including phenoxy) is 2. The van der Waals surface area contributed by atoms with E-state index in [2.05, 4.69) is 55.9 Å². The third kappa shape index (κ3) is 5.84. The zero-order chi connectivity index (χ0) is 19.8. The normalized spacial score (nSPS) is 10.8. The number of imidazole rings is 1. The number of methoxy groups -OCH3 is 1. The minimum atomic E-state index is 0.510. The Morgan fingerprint density at radius 3 is 2.82 bits per heavy atom. The second kappa shape index (κ2) is 10.3. The van der Waals surface area contributed by atoms with Crippen molar-refractivity contribution in [1.82, 2.24) is 14.9 Å². The summed E-state index contributed by atoms with van der Waals surface area (Å²) in [5.41, 5.74) is 3.51. The Labute approximate surface area is 174 Å². The summed E-state index contributed by atoms with van der Waals surface area (Å²) in [4.78, 5) is 4.06. The van der Waals surface area contributed by atoms with Crippen LogP contribution in [0, 0.1) is 6.92 Å². The van der Waals surface area contributed by atoms with Crippen LogP contribution in [0.1, 0.15) is 23.1 Å². The van der Waals surface area contributed by atoms with Crippen LogP contribution in [0.25, 0.3) is 0 Å². The van der Waals surface area contributed by atoms with Gasteiger partial charge in [0.15, 0.2) is 11.5 Å². The van der Waals surface area contributed by atoms with Crippen LogP contribution in [0.4, 0.5) is 0 Å². The highest BCUT2D eigenvalue weighted by Gasteiger charge is 2.11.